The van der Waals surface area contributed by atoms with Gasteiger partial charge in [0, 0.05) is 18.8 Å². The van der Waals surface area contributed by atoms with E-state index in [9.17, 15) is 8.42 Å². The number of sulfonamides is 1. The van der Waals surface area contributed by atoms with Crippen molar-refractivity contribution in [1.82, 2.24) is 24.5 Å². The van der Waals surface area contributed by atoms with E-state index >= 15 is 0 Å². The molecule has 0 aliphatic rings. The topological polar surface area (TPSA) is 116 Å². The van der Waals surface area contributed by atoms with E-state index in [0.29, 0.717) is 22.3 Å². The van der Waals surface area contributed by atoms with Gasteiger partial charge in [-0.25, -0.2) is 22.8 Å². The lowest BCUT2D eigenvalue weighted by atomic mass is 10.1. The summed E-state index contributed by atoms with van der Waals surface area (Å²) in [6.45, 7) is 0. The van der Waals surface area contributed by atoms with E-state index in [1.807, 2.05) is 0 Å². The van der Waals surface area contributed by atoms with Gasteiger partial charge >= 0.3 is 0 Å². The maximum Gasteiger partial charge on any atom is 0.240 e. The highest BCUT2D eigenvalue weighted by Gasteiger charge is 2.16. The standard InChI is InChI=1S/C13H14N6O2S/c1-15-22(20,21)9-5-3-4-8(6-9)11-10-7-16-13(14)17-12(10)19(2)18-11/h3-7,15H,1-2H3,(H2,14,16,17). The van der Waals surface area contributed by atoms with Crippen molar-refractivity contribution < 1.29 is 8.42 Å². The van der Waals surface area contributed by atoms with Gasteiger partial charge in [-0.1, -0.05) is 12.1 Å². The third-order valence-electron chi connectivity index (χ3n) is 3.29. The Morgan fingerprint density at radius 3 is 2.82 bits per heavy atom. The second-order valence-electron chi connectivity index (χ2n) is 4.67. The fraction of sp³-hybridized carbons (Fsp3) is 0.154. The maximum atomic E-state index is 11.9. The molecule has 0 saturated heterocycles. The molecular weight excluding hydrogens is 304 g/mol. The zero-order chi connectivity index (χ0) is 15.9. The van der Waals surface area contributed by atoms with Gasteiger partial charge < -0.3 is 5.73 Å². The molecule has 0 unspecified atom stereocenters. The van der Waals surface area contributed by atoms with Crippen LogP contribution in [-0.2, 0) is 17.1 Å². The van der Waals surface area contributed by atoms with Crippen LogP contribution >= 0.6 is 0 Å². The molecule has 0 aliphatic heterocycles. The lowest BCUT2D eigenvalue weighted by molar-refractivity contribution is 0.588. The van der Waals surface area contributed by atoms with E-state index in [1.54, 1.807) is 36.1 Å². The number of aryl methyl sites for hydroxylation is 1. The molecule has 0 fully saturated rings. The molecule has 2 aromatic heterocycles. The number of hydrogen-bond donors (Lipinski definition) is 2. The third-order valence-corrected chi connectivity index (χ3v) is 4.70. The van der Waals surface area contributed by atoms with Crippen LogP contribution in [0.25, 0.3) is 22.3 Å². The second kappa shape index (κ2) is 5.04. The largest absolute Gasteiger partial charge is 0.368 e. The highest BCUT2D eigenvalue weighted by molar-refractivity contribution is 7.89. The molecule has 0 radical (unpaired) electrons. The number of nitrogens with two attached hydrogens (primary N) is 1. The lowest BCUT2D eigenvalue weighted by Gasteiger charge is -2.04. The first-order valence-electron chi connectivity index (χ1n) is 6.41. The van der Waals surface area contributed by atoms with Gasteiger partial charge in [-0.3, -0.25) is 0 Å². The van der Waals surface area contributed by atoms with Gasteiger partial charge in [0.25, 0.3) is 0 Å². The predicted molar refractivity (Wildman–Crippen MR) is 82.4 cm³/mol. The quantitative estimate of drug-likeness (QED) is 0.727. The number of fused-ring (bicyclic) bond motifs is 1. The first-order chi connectivity index (χ1) is 10.4. The Balaban J connectivity index is 2.23. The van der Waals surface area contributed by atoms with Crippen molar-refractivity contribution in [3.05, 3.63) is 30.5 Å². The fourth-order valence-corrected chi connectivity index (χ4v) is 2.97. The number of hydrogen-bond acceptors (Lipinski definition) is 6. The van der Waals surface area contributed by atoms with Crippen molar-refractivity contribution in [3.63, 3.8) is 0 Å². The van der Waals surface area contributed by atoms with E-state index in [4.69, 9.17) is 5.73 Å². The average Bonchev–Trinajstić information content (AvgIpc) is 2.84. The van der Waals surface area contributed by atoms with Crippen molar-refractivity contribution in [2.24, 2.45) is 7.05 Å². The van der Waals surface area contributed by atoms with Gasteiger partial charge in [0.15, 0.2) is 5.65 Å². The fourth-order valence-electron chi connectivity index (χ4n) is 2.19. The summed E-state index contributed by atoms with van der Waals surface area (Å²) in [6.07, 6.45) is 1.58. The van der Waals surface area contributed by atoms with Crippen molar-refractivity contribution in [1.29, 1.82) is 0 Å². The molecule has 114 valence electrons. The summed E-state index contributed by atoms with van der Waals surface area (Å²) in [5.41, 5.74) is 7.44. The minimum atomic E-state index is -3.52. The molecule has 9 heteroatoms. The summed E-state index contributed by atoms with van der Waals surface area (Å²) in [7, 11) is -0.405. The predicted octanol–water partition coefficient (Wildman–Crippen LogP) is 0.521. The van der Waals surface area contributed by atoms with Crippen LogP contribution < -0.4 is 10.5 Å². The number of rotatable bonds is 3. The summed E-state index contributed by atoms with van der Waals surface area (Å²) in [5.74, 6) is 0.161. The lowest BCUT2D eigenvalue weighted by Crippen LogP contribution is -2.18. The molecule has 3 aromatic rings. The van der Waals surface area contributed by atoms with Crippen molar-refractivity contribution in [2.75, 3.05) is 12.8 Å². The Morgan fingerprint density at radius 1 is 1.32 bits per heavy atom. The first kappa shape index (κ1) is 14.4. The van der Waals surface area contributed by atoms with Crippen LogP contribution in [0.1, 0.15) is 0 Å². The normalized spacial score (nSPS) is 11.9. The third kappa shape index (κ3) is 2.30. The Kier molecular flexibility index (Phi) is 3.30. The van der Waals surface area contributed by atoms with Gasteiger partial charge in [0.1, 0.15) is 5.69 Å². The van der Waals surface area contributed by atoms with E-state index in [0.717, 1.165) is 0 Å². The van der Waals surface area contributed by atoms with Gasteiger partial charge in [-0.2, -0.15) is 10.1 Å². The first-order valence-corrected chi connectivity index (χ1v) is 7.90. The molecule has 3 rings (SSSR count). The van der Waals surface area contributed by atoms with E-state index in [-0.39, 0.29) is 10.8 Å². The highest BCUT2D eigenvalue weighted by Crippen LogP contribution is 2.27. The summed E-state index contributed by atoms with van der Waals surface area (Å²) in [6, 6.07) is 6.53. The Morgan fingerprint density at radius 2 is 2.09 bits per heavy atom. The van der Waals surface area contributed by atoms with Crippen LogP contribution in [0.2, 0.25) is 0 Å². The van der Waals surface area contributed by atoms with Crippen LogP contribution in [0, 0.1) is 0 Å². The van der Waals surface area contributed by atoms with Gasteiger partial charge in [-0.05, 0) is 19.2 Å². The van der Waals surface area contributed by atoms with Crippen LogP contribution in [0.5, 0.6) is 0 Å². The minimum Gasteiger partial charge on any atom is -0.368 e. The molecule has 3 N–H and O–H groups in total. The molecule has 0 bridgehead atoms. The van der Waals surface area contributed by atoms with Crippen LogP contribution in [0.15, 0.2) is 35.4 Å². The number of anilines is 1. The molecule has 0 atom stereocenters. The maximum absolute atomic E-state index is 11.9. The molecule has 0 spiro atoms. The number of nitrogens with one attached hydrogen (secondary N) is 1. The molecule has 1 aromatic carbocycles. The van der Waals surface area contributed by atoms with E-state index < -0.39 is 10.0 Å². The Bertz CT molecular complexity index is 964. The van der Waals surface area contributed by atoms with Crippen molar-refractivity contribution in [2.45, 2.75) is 4.90 Å². The molecule has 0 saturated carbocycles. The van der Waals surface area contributed by atoms with Crippen molar-refractivity contribution in [3.8, 4) is 11.3 Å². The molecule has 2 heterocycles. The van der Waals surface area contributed by atoms with Crippen molar-refractivity contribution >= 4 is 27.0 Å². The summed E-state index contributed by atoms with van der Waals surface area (Å²) < 4.78 is 27.7. The zero-order valence-electron chi connectivity index (χ0n) is 12.0. The molecule has 22 heavy (non-hydrogen) atoms. The highest BCUT2D eigenvalue weighted by atomic mass is 32.2. The molecular formula is C13H14N6O2S. The minimum absolute atomic E-state index is 0.161. The number of nitrogens with zero attached hydrogens (tertiary/aromatic N) is 4. The monoisotopic (exact) mass is 318 g/mol. The summed E-state index contributed by atoms with van der Waals surface area (Å²) in [5, 5.41) is 5.10. The molecule has 0 amide bonds. The summed E-state index contributed by atoms with van der Waals surface area (Å²) >= 11 is 0. The zero-order valence-corrected chi connectivity index (χ0v) is 12.8. The number of aromatic nitrogens is 4. The van der Waals surface area contributed by atoms with Gasteiger partial charge in [-0.15, -0.1) is 0 Å². The Labute approximate surface area is 127 Å². The smallest absolute Gasteiger partial charge is 0.240 e. The average molecular weight is 318 g/mol. The molecule has 8 nitrogen and oxygen atoms in total. The number of benzene rings is 1. The SMILES string of the molecule is CNS(=O)(=O)c1cccc(-c2nn(C)c3nc(N)ncc23)c1. The van der Waals surface area contributed by atoms with Crippen LogP contribution in [0.3, 0.4) is 0 Å². The van der Waals surface area contributed by atoms with Crippen LogP contribution in [-0.4, -0.2) is 35.2 Å². The number of nitrogen functional groups attached to an aromatic ring is 1. The van der Waals surface area contributed by atoms with E-state index in [1.165, 1.54) is 13.1 Å². The van der Waals surface area contributed by atoms with E-state index in [2.05, 4.69) is 19.8 Å². The Hall–Kier alpha value is -2.52. The molecule has 0 aliphatic carbocycles. The van der Waals surface area contributed by atoms with Gasteiger partial charge in [0.2, 0.25) is 16.0 Å². The van der Waals surface area contributed by atoms with Crippen LogP contribution in [0.4, 0.5) is 5.95 Å². The van der Waals surface area contributed by atoms with Gasteiger partial charge in [0.05, 0.1) is 10.3 Å². The second-order valence-corrected chi connectivity index (χ2v) is 6.56. The summed E-state index contributed by atoms with van der Waals surface area (Å²) in [4.78, 5) is 8.29.